The van der Waals surface area contributed by atoms with Crippen molar-refractivity contribution in [3.8, 4) is 10.6 Å². The Bertz CT molecular complexity index is 922. The Labute approximate surface area is 183 Å². The fraction of sp³-hybridized carbons (Fsp3) is 0.522. The summed E-state index contributed by atoms with van der Waals surface area (Å²) >= 11 is 1.45. The first-order valence-corrected chi connectivity index (χ1v) is 11.4. The van der Waals surface area contributed by atoms with Crippen molar-refractivity contribution in [2.75, 3.05) is 33.7 Å². The van der Waals surface area contributed by atoms with Crippen molar-refractivity contribution in [1.82, 2.24) is 20.1 Å². The summed E-state index contributed by atoms with van der Waals surface area (Å²) < 4.78 is 0. The van der Waals surface area contributed by atoms with Gasteiger partial charge >= 0.3 is 0 Å². The van der Waals surface area contributed by atoms with Gasteiger partial charge in [0, 0.05) is 32.7 Å². The van der Waals surface area contributed by atoms with Crippen LogP contribution in [0, 0.1) is 20.8 Å². The number of likely N-dealkylation sites (tertiary alicyclic amines) is 1. The van der Waals surface area contributed by atoms with Gasteiger partial charge in [-0.25, -0.2) is 4.98 Å². The number of nitrogens with one attached hydrogen (secondary N) is 1. The molecule has 1 aromatic heterocycles. The molecule has 3 rings (SSSR count). The predicted molar refractivity (Wildman–Crippen MR) is 122 cm³/mol. The van der Waals surface area contributed by atoms with E-state index in [1.807, 2.05) is 21.0 Å². The zero-order chi connectivity index (χ0) is 21.8. The second-order valence-corrected chi connectivity index (χ2v) is 9.29. The second kappa shape index (κ2) is 9.71. The third-order valence-electron chi connectivity index (χ3n) is 5.61. The highest BCUT2D eigenvalue weighted by atomic mass is 32.1. The molecule has 1 fully saturated rings. The number of aromatic nitrogens is 1. The van der Waals surface area contributed by atoms with Crippen LogP contribution in [-0.4, -0.2) is 66.4 Å². The van der Waals surface area contributed by atoms with Gasteiger partial charge in [-0.05, 0) is 52.1 Å². The molecule has 162 valence electrons. The molecule has 1 N–H and O–H groups in total. The monoisotopic (exact) mass is 428 g/mol. The van der Waals surface area contributed by atoms with Crippen LogP contribution in [0.25, 0.3) is 10.6 Å². The summed E-state index contributed by atoms with van der Waals surface area (Å²) in [7, 11) is 3.62. The third kappa shape index (κ3) is 5.08. The van der Waals surface area contributed by atoms with Gasteiger partial charge < -0.3 is 10.2 Å². The van der Waals surface area contributed by atoms with Crippen molar-refractivity contribution in [2.24, 2.45) is 0 Å². The number of hydrogen-bond acceptors (Lipinski definition) is 5. The minimum absolute atomic E-state index is 0.0141. The lowest BCUT2D eigenvalue weighted by Crippen LogP contribution is -2.43. The Morgan fingerprint density at radius 3 is 2.73 bits per heavy atom. The molecule has 2 amide bonds. The molecule has 1 atom stereocenters. The number of rotatable bonds is 7. The number of carbonyl (C=O) groups excluding carboxylic acids is 2. The number of aryl methyl sites for hydroxylation is 3. The molecule has 0 aliphatic carbocycles. The number of thiazole rings is 1. The lowest BCUT2D eigenvalue weighted by atomic mass is 10.1. The van der Waals surface area contributed by atoms with Crippen LogP contribution in [0.15, 0.2) is 18.2 Å². The van der Waals surface area contributed by atoms with Gasteiger partial charge in [-0.3, -0.25) is 14.5 Å². The van der Waals surface area contributed by atoms with E-state index < -0.39 is 0 Å². The average molecular weight is 429 g/mol. The van der Waals surface area contributed by atoms with Crippen molar-refractivity contribution in [2.45, 2.75) is 46.1 Å². The van der Waals surface area contributed by atoms with Crippen LogP contribution in [0.4, 0.5) is 0 Å². The molecule has 0 saturated carbocycles. The quantitative estimate of drug-likeness (QED) is 0.687. The minimum Gasteiger partial charge on any atom is -0.351 e. The van der Waals surface area contributed by atoms with E-state index in [-0.39, 0.29) is 17.9 Å². The zero-order valence-corrected chi connectivity index (χ0v) is 19.4. The Morgan fingerprint density at radius 2 is 2.03 bits per heavy atom. The van der Waals surface area contributed by atoms with Gasteiger partial charge in [0.1, 0.15) is 9.88 Å². The molecule has 2 heterocycles. The molecule has 1 saturated heterocycles. The van der Waals surface area contributed by atoms with Crippen LogP contribution < -0.4 is 5.32 Å². The van der Waals surface area contributed by atoms with Gasteiger partial charge in [0.2, 0.25) is 5.91 Å². The second-order valence-electron chi connectivity index (χ2n) is 8.29. The maximum atomic E-state index is 12.7. The standard InChI is InChI=1S/C23H32N4O2S/c1-15-9-10-18(16(2)14-15)22-25-17(3)20(30-22)21(28)24-11-7-13-27-12-6-8-19(27)23(29)26(4)5/h9-10,14,19H,6-8,11-13H2,1-5H3,(H,24,28). The molecule has 0 bridgehead atoms. The fourth-order valence-corrected chi connectivity index (χ4v) is 5.08. The highest BCUT2D eigenvalue weighted by Gasteiger charge is 2.31. The smallest absolute Gasteiger partial charge is 0.263 e. The number of carbonyl (C=O) groups is 2. The molecular formula is C23H32N4O2S. The Kier molecular flexibility index (Phi) is 7.26. The lowest BCUT2D eigenvalue weighted by molar-refractivity contribution is -0.133. The number of likely N-dealkylation sites (N-methyl/N-ethyl adjacent to an activating group) is 1. The topological polar surface area (TPSA) is 65.5 Å². The summed E-state index contributed by atoms with van der Waals surface area (Å²) in [6.07, 6.45) is 2.80. The van der Waals surface area contributed by atoms with Crippen LogP contribution in [-0.2, 0) is 4.79 Å². The van der Waals surface area contributed by atoms with Gasteiger partial charge in [-0.2, -0.15) is 0 Å². The van der Waals surface area contributed by atoms with Gasteiger partial charge in [-0.1, -0.05) is 23.8 Å². The van der Waals surface area contributed by atoms with E-state index in [2.05, 4.69) is 47.2 Å². The number of hydrogen-bond donors (Lipinski definition) is 1. The molecule has 0 spiro atoms. The first kappa shape index (κ1) is 22.4. The minimum atomic E-state index is -0.0663. The largest absolute Gasteiger partial charge is 0.351 e. The summed E-state index contributed by atoms with van der Waals surface area (Å²) in [5.41, 5.74) is 4.24. The maximum absolute atomic E-state index is 12.7. The third-order valence-corrected chi connectivity index (χ3v) is 6.80. The van der Waals surface area contributed by atoms with Crippen LogP contribution in [0.1, 0.15) is 45.8 Å². The van der Waals surface area contributed by atoms with E-state index >= 15 is 0 Å². The Hall–Kier alpha value is -2.25. The van der Waals surface area contributed by atoms with E-state index in [4.69, 9.17) is 0 Å². The van der Waals surface area contributed by atoms with E-state index in [1.165, 1.54) is 22.5 Å². The Balaban J connectivity index is 1.54. The number of benzene rings is 1. The molecule has 1 aliphatic heterocycles. The van der Waals surface area contributed by atoms with Gasteiger partial charge in [0.25, 0.3) is 5.91 Å². The first-order valence-electron chi connectivity index (χ1n) is 10.6. The van der Waals surface area contributed by atoms with Crippen molar-refractivity contribution in [3.05, 3.63) is 39.9 Å². The van der Waals surface area contributed by atoms with E-state index in [0.29, 0.717) is 11.4 Å². The van der Waals surface area contributed by atoms with Gasteiger partial charge in [-0.15, -0.1) is 11.3 Å². The molecule has 7 heteroatoms. The van der Waals surface area contributed by atoms with Crippen molar-refractivity contribution in [3.63, 3.8) is 0 Å². The van der Waals surface area contributed by atoms with Crippen molar-refractivity contribution < 1.29 is 9.59 Å². The molecule has 1 aromatic carbocycles. The average Bonchev–Trinajstić information content (AvgIpc) is 3.31. The fourth-order valence-electron chi connectivity index (χ4n) is 4.01. The van der Waals surface area contributed by atoms with Crippen LogP contribution in [0.3, 0.4) is 0 Å². The summed E-state index contributed by atoms with van der Waals surface area (Å²) in [5, 5.41) is 3.91. The summed E-state index contributed by atoms with van der Waals surface area (Å²) in [6, 6.07) is 6.27. The lowest BCUT2D eigenvalue weighted by Gasteiger charge is -2.26. The molecule has 1 unspecified atom stereocenters. The summed E-state index contributed by atoms with van der Waals surface area (Å²) in [5.74, 6) is 0.110. The summed E-state index contributed by atoms with van der Waals surface area (Å²) in [4.78, 5) is 34.2. The SMILES string of the molecule is Cc1ccc(-c2nc(C)c(C(=O)NCCCN3CCCC3C(=O)N(C)C)s2)c(C)c1. The van der Waals surface area contributed by atoms with Crippen LogP contribution >= 0.6 is 11.3 Å². The highest BCUT2D eigenvalue weighted by molar-refractivity contribution is 7.17. The van der Waals surface area contributed by atoms with E-state index in [9.17, 15) is 9.59 Å². The van der Waals surface area contributed by atoms with E-state index in [1.54, 1.807) is 4.90 Å². The van der Waals surface area contributed by atoms with Crippen LogP contribution in [0.2, 0.25) is 0 Å². The summed E-state index contributed by atoms with van der Waals surface area (Å²) in [6.45, 7) is 8.40. The molecule has 1 aliphatic rings. The van der Waals surface area contributed by atoms with Crippen molar-refractivity contribution in [1.29, 1.82) is 0 Å². The number of amides is 2. The zero-order valence-electron chi connectivity index (χ0n) is 18.6. The van der Waals surface area contributed by atoms with Crippen LogP contribution in [0.5, 0.6) is 0 Å². The number of nitrogens with zero attached hydrogens (tertiary/aromatic N) is 3. The predicted octanol–water partition coefficient (Wildman–Crippen LogP) is 3.41. The molecule has 30 heavy (non-hydrogen) atoms. The van der Waals surface area contributed by atoms with Gasteiger partial charge in [0.05, 0.1) is 11.7 Å². The molecule has 6 nitrogen and oxygen atoms in total. The normalized spacial score (nSPS) is 16.6. The Morgan fingerprint density at radius 1 is 1.27 bits per heavy atom. The first-order chi connectivity index (χ1) is 14.3. The molecular weight excluding hydrogens is 396 g/mol. The van der Waals surface area contributed by atoms with E-state index in [0.717, 1.165) is 48.6 Å². The molecule has 2 aromatic rings. The van der Waals surface area contributed by atoms with Crippen molar-refractivity contribution >= 4 is 23.2 Å². The highest BCUT2D eigenvalue weighted by Crippen LogP contribution is 2.30. The maximum Gasteiger partial charge on any atom is 0.263 e. The van der Waals surface area contributed by atoms with Gasteiger partial charge in [0.15, 0.2) is 0 Å². The molecule has 0 radical (unpaired) electrons.